The highest BCUT2D eigenvalue weighted by Gasteiger charge is 2.16. The van der Waals surface area contributed by atoms with Crippen LogP contribution in [0.2, 0.25) is 0 Å². The number of aryl methyl sites for hydroxylation is 1. The Labute approximate surface area is 192 Å². The van der Waals surface area contributed by atoms with Crippen molar-refractivity contribution in [3.63, 3.8) is 0 Å². The molecule has 0 spiro atoms. The second kappa shape index (κ2) is 10.7. The normalized spacial score (nSPS) is 10.9. The van der Waals surface area contributed by atoms with Crippen LogP contribution in [0.15, 0.2) is 97.3 Å². The lowest BCUT2D eigenvalue weighted by Gasteiger charge is -2.17. The van der Waals surface area contributed by atoms with Crippen molar-refractivity contribution in [1.29, 1.82) is 0 Å². The molecule has 0 radical (unpaired) electrons. The van der Waals surface area contributed by atoms with Crippen LogP contribution in [-0.4, -0.2) is 7.11 Å². The van der Waals surface area contributed by atoms with E-state index in [1.165, 1.54) is 24.3 Å². The molecule has 168 valence electrons. The number of pyridine rings is 1. The lowest BCUT2D eigenvalue weighted by molar-refractivity contribution is -0.697. The number of hydrogen-bond donors (Lipinski definition) is 0. The van der Waals surface area contributed by atoms with Gasteiger partial charge in [0, 0.05) is 24.5 Å². The number of benzene rings is 3. The summed E-state index contributed by atoms with van der Waals surface area (Å²) in [6.07, 6.45) is 5.74. The topological polar surface area (TPSA) is 22.3 Å². The molecule has 0 bridgehead atoms. The third-order valence-electron chi connectivity index (χ3n) is 5.61. The van der Waals surface area contributed by atoms with Gasteiger partial charge in [-0.1, -0.05) is 24.3 Å². The minimum Gasteiger partial charge on any atom is -0.497 e. The van der Waals surface area contributed by atoms with E-state index in [1.807, 2.05) is 73.1 Å². The number of rotatable bonds is 9. The Hall–Kier alpha value is -3.73. The molecule has 0 N–H and O–H groups in total. The minimum absolute atomic E-state index is 0.0736. The van der Waals surface area contributed by atoms with E-state index in [0.29, 0.717) is 0 Å². The summed E-state index contributed by atoms with van der Waals surface area (Å²) >= 11 is 0. The highest BCUT2D eigenvalue weighted by molar-refractivity contribution is 5.35. The first-order chi connectivity index (χ1) is 16.1. The number of ether oxygens (including phenoxy) is 2. The van der Waals surface area contributed by atoms with Crippen LogP contribution < -0.4 is 14.0 Å². The molecule has 3 nitrogen and oxygen atoms in total. The van der Waals surface area contributed by atoms with Crippen LogP contribution in [0.25, 0.3) is 0 Å². The Morgan fingerprint density at radius 3 is 1.67 bits per heavy atom. The lowest BCUT2D eigenvalue weighted by atomic mass is 9.87. The van der Waals surface area contributed by atoms with Gasteiger partial charge in [-0.25, -0.2) is 13.3 Å². The molecule has 5 heteroatoms. The van der Waals surface area contributed by atoms with Gasteiger partial charge in [0.15, 0.2) is 12.4 Å². The minimum atomic E-state index is -0.260. The molecule has 4 rings (SSSR count). The van der Waals surface area contributed by atoms with E-state index in [0.717, 1.165) is 47.8 Å². The Kier molecular flexibility index (Phi) is 7.30. The molecule has 0 saturated carbocycles. The first-order valence-corrected chi connectivity index (χ1v) is 10.9. The van der Waals surface area contributed by atoms with Crippen molar-refractivity contribution in [3.05, 3.63) is 120 Å². The van der Waals surface area contributed by atoms with Crippen LogP contribution in [0.5, 0.6) is 17.2 Å². The first-order valence-electron chi connectivity index (χ1n) is 10.9. The largest absolute Gasteiger partial charge is 0.497 e. The van der Waals surface area contributed by atoms with Crippen LogP contribution >= 0.6 is 0 Å². The molecule has 0 aliphatic heterocycles. The highest BCUT2D eigenvalue weighted by Crippen LogP contribution is 2.30. The third kappa shape index (κ3) is 6.16. The van der Waals surface area contributed by atoms with Crippen molar-refractivity contribution >= 4 is 0 Å². The van der Waals surface area contributed by atoms with E-state index in [1.54, 1.807) is 7.11 Å². The summed E-state index contributed by atoms with van der Waals surface area (Å²) in [6, 6.07) is 24.4. The standard InChI is InChI=1S/C28H26F2NO2/c1-32-25-12-14-26(15-13-25)33-27-16-19-31(20-17-27)18-2-3-28(21-4-8-23(29)9-5-21)22-6-10-24(30)11-7-22/h4-17,19-20,28H,2-3,18H2,1H3/q+1. The monoisotopic (exact) mass is 446 g/mol. The summed E-state index contributed by atoms with van der Waals surface area (Å²) in [4.78, 5) is 0. The molecule has 0 aliphatic carbocycles. The summed E-state index contributed by atoms with van der Waals surface area (Å²) in [7, 11) is 1.63. The van der Waals surface area contributed by atoms with Crippen molar-refractivity contribution in [1.82, 2.24) is 0 Å². The average molecular weight is 447 g/mol. The van der Waals surface area contributed by atoms with Gasteiger partial charge in [0.05, 0.1) is 7.11 Å². The molecule has 0 unspecified atom stereocenters. The molecule has 0 fully saturated rings. The zero-order valence-electron chi connectivity index (χ0n) is 18.5. The van der Waals surface area contributed by atoms with E-state index in [9.17, 15) is 8.78 Å². The van der Waals surface area contributed by atoms with Crippen molar-refractivity contribution in [3.8, 4) is 17.2 Å². The molecule has 33 heavy (non-hydrogen) atoms. The average Bonchev–Trinajstić information content (AvgIpc) is 2.85. The molecule has 0 amide bonds. The summed E-state index contributed by atoms with van der Waals surface area (Å²) in [5.41, 5.74) is 2.05. The predicted octanol–water partition coefficient (Wildman–Crippen LogP) is 6.67. The zero-order chi connectivity index (χ0) is 23.0. The van der Waals surface area contributed by atoms with Gasteiger partial charge < -0.3 is 9.47 Å². The molecule has 4 aromatic rings. The molecule has 0 saturated heterocycles. The van der Waals surface area contributed by atoms with Crippen molar-refractivity contribution in [2.45, 2.75) is 25.3 Å². The summed E-state index contributed by atoms with van der Waals surface area (Å²) < 4.78 is 40.0. The van der Waals surface area contributed by atoms with E-state index in [2.05, 4.69) is 4.57 Å². The first kappa shape index (κ1) is 22.5. The number of aromatic nitrogens is 1. The van der Waals surface area contributed by atoms with Crippen LogP contribution in [0.4, 0.5) is 8.78 Å². The Morgan fingerprint density at radius 2 is 1.15 bits per heavy atom. The van der Waals surface area contributed by atoms with Gasteiger partial charge in [0.2, 0.25) is 0 Å². The van der Waals surface area contributed by atoms with Gasteiger partial charge in [-0.15, -0.1) is 0 Å². The van der Waals surface area contributed by atoms with E-state index in [-0.39, 0.29) is 17.6 Å². The number of halogens is 2. The smallest absolute Gasteiger partial charge is 0.172 e. The Morgan fingerprint density at radius 1 is 0.667 bits per heavy atom. The summed E-state index contributed by atoms with van der Waals surface area (Å²) in [5.74, 6) is 1.84. The van der Waals surface area contributed by atoms with Gasteiger partial charge in [-0.3, -0.25) is 0 Å². The second-order valence-electron chi connectivity index (χ2n) is 7.85. The fraction of sp³-hybridized carbons (Fsp3) is 0.179. The fourth-order valence-corrected chi connectivity index (χ4v) is 3.83. The van der Waals surface area contributed by atoms with Crippen LogP contribution in [-0.2, 0) is 6.54 Å². The Balaban J connectivity index is 1.38. The van der Waals surface area contributed by atoms with E-state index < -0.39 is 0 Å². The maximum atomic E-state index is 13.4. The van der Waals surface area contributed by atoms with Crippen LogP contribution in [0, 0.1) is 11.6 Å². The van der Waals surface area contributed by atoms with Gasteiger partial charge in [-0.05, 0) is 66.1 Å². The molecule has 1 heterocycles. The SMILES string of the molecule is COc1ccc(Oc2cc[n+](CCCC(c3ccc(F)cc3)c3ccc(F)cc3)cc2)cc1. The van der Waals surface area contributed by atoms with Gasteiger partial charge >= 0.3 is 0 Å². The Bertz CT molecular complexity index is 1100. The maximum Gasteiger partial charge on any atom is 0.172 e. The molecule has 3 aromatic carbocycles. The van der Waals surface area contributed by atoms with Crippen LogP contribution in [0.3, 0.4) is 0 Å². The van der Waals surface area contributed by atoms with Gasteiger partial charge in [0.25, 0.3) is 0 Å². The lowest BCUT2D eigenvalue weighted by Crippen LogP contribution is -2.32. The van der Waals surface area contributed by atoms with E-state index >= 15 is 0 Å². The van der Waals surface area contributed by atoms with Gasteiger partial charge in [-0.2, -0.15) is 0 Å². The molecule has 1 aromatic heterocycles. The highest BCUT2D eigenvalue weighted by atomic mass is 19.1. The van der Waals surface area contributed by atoms with Crippen molar-refractivity contribution in [2.24, 2.45) is 0 Å². The fourth-order valence-electron chi connectivity index (χ4n) is 3.83. The quantitative estimate of drug-likeness (QED) is 0.268. The van der Waals surface area contributed by atoms with Gasteiger partial charge in [0.1, 0.15) is 35.4 Å². The summed E-state index contributed by atoms with van der Waals surface area (Å²) in [6.45, 7) is 0.821. The molecular weight excluding hydrogens is 420 g/mol. The molecular formula is C28H26F2NO2+. The zero-order valence-corrected chi connectivity index (χ0v) is 18.5. The van der Waals surface area contributed by atoms with E-state index in [4.69, 9.17) is 9.47 Å². The van der Waals surface area contributed by atoms with Crippen molar-refractivity contribution < 1.29 is 22.8 Å². The summed E-state index contributed by atoms with van der Waals surface area (Å²) in [5, 5.41) is 0. The molecule has 0 aliphatic rings. The number of nitrogens with zero attached hydrogens (tertiary/aromatic N) is 1. The van der Waals surface area contributed by atoms with Crippen LogP contribution in [0.1, 0.15) is 29.9 Å². The maximum absolute atomic E-state index is 13.4. The third-order valence-corrected chi connectivity index (χ3v) is 5.61. The number of methoxy groups -OCH3 is 1. The number of hydrogen-bond acceptors (Lipinski definition) is 2. The molecule has 0 atom stereocenters. The predicted molar refractivity (Wildman–Crippen MR) is 124 cm³/mol. The van der Waals surface area contributed by atoms with Crippen molar-refractivity contribution in [2.75, 3.05) is 7.11 Å². The second-order valence-corrected chi connectivity index (χ2v) is 7.85.